The van der Waals surface area contributed by atoms with Crippen LogP contribution in [0, 0.1) is 6.92 Å². The Balaban J connectivity index is 2.06. The SMILES string of the molecule is COC(=O)CCc1cc(C)cc2c1C1COS(=O)(=O)N1[C@H]2CC(=O)OC. The summed E-state index contributed by atoms with van der Waals surface area (Å²) < 4.78 is 40.4. The Bertz CT molecular complexity index is 849. The largest absolute Gasteiger partial charge is 0.469 e. The minimum atomic E-state index is -3.93. The molecule has 1 aromatic rings. The number of ether oxygens (including phenoxy) is 2. The summed E-state index contributed by atoms with van der Waals surface area (Å²) in [5, 5.41) is 0. The Labute approximate surface area is 152 Å². The molecule has 2 aliphatic rings. The molecule has 1 saturated heterocycles. The lowest BCUT2D eigenvalue weighted by atomic mass is 9.91. The molecule has 3 rings (SSSR count). The van der Waals surface area contributed by atoms with Crippen LogP contribution in [0.1, 0.15) is 47.2 Å². The molecule has 1 aromatic carbocycles. The van der Waals surface area contributed by atoms with E-state index in [4.69, 9.17) is 13.7 Å². The van der Waals surface area contributed by atoms with Gasteiger partial charge in [0, 0.05) is 6.42 Å². The van der Waals surface area contributed by atoms with Crippen LogP contribution in [-0.2, 0) is 40.0 Å². The summed E-state index contributed by atoms with van der Waals surface area (Å²) in [6.07, 6.45) is 0.517. The van der Waals surface area contributed by atoms with Crippen LogP contribution in [0.15, 0.2) is 12.1 Å². The predicted octanol–water partition coefficient (Wildman–Crippen LogP) is 1.34. The van der Waals surface area contributed by atoms with E-state index >= 15 is 0 Å². The summed E-state index contributed by atoms with van der Waals surface area (Å²) >= 11 is 0. The molecule has 1 fully saturated rings. The van der Waals surface area contributed by atoms with Gasteiger partial charge in [-0.3, -0.25) is 13.8 Å². The van der Waals surface area contributed by atoms with E-state index in [1.165, 1.54) is 18.5 Å². The first-order valence-corrected chi connectivity index (χ1v) is 9.59. The molecule has 0 radical (unpaired) electrons. The van der Waals surface area contributed by atoms with Crippen molar-refractivity contribution in [1.82, 2.24) is 4.31 Å². The first-order chi connectivity index (χ1) is 12.3. The van der Waals surface area contributed by atoms with Gasteiger partial charge in [-0.05, 0) is 30.0 Å². The number of methoxy groups -OCH3 is 2. The molecule has 0 aliphatic carbocycles. The van der Waals surface area contributed by atoms with Crippen LogP contribution in [0.5, 0.6) is 0 Å². The molecule has 2 atom stereocenters. The highest BCUT2D eigenvalue weighted by Gasteiger charge is 2.52. The van der Waals surface area contributed by atoms with Gasteiger partial charge in [0.1, 0.15) is 0 Å². The lowest BCUT2D eigenvalue weighted by molar-refractivity contribution is -0.142. The lowest BCUT2D eigenvalue weighted by Gasteiger charge is -2.20. The zero-order valence-corrected chi connectivity index (χ0v) is 15.7. The van der Waals surface area contributed by atoms with Crippen molar-refractivity contribution in [2.24, 2.45) is 0 Å². The van der Waals surface area contributed by atoms with Gasteiger partial charge in [0.15, 0.2) is 0 Å². The number of esters is 2. The molecule has 0 spiro atoms. The van der Waals surface area contributed by atoms with Crippen LogP contribution in [0.4, 0.5) is 0 Å². The first-order valence-electron chi connectivity index (χ1n) is 8.23. The molecule has 0 bridgehead atoms. The number of carbonyl (C=O) groups excluding carboxylic acids is 2. The fraction of sp³-hybridized carbons (Fsp3) is 0.529. The van der Waals surface area contributed by atoms with Crippen molar-refractivity contribution >= 4 is 22.2 Å². The van der Waals surface area contributed by atoms with Gasteiger partial charge in [-0.2, -0.15) is 12.7 Å². The maximum Gasteiger partial charge on any atom is 0.339 e. The smallest absolute Gasteiger partial charge is 0.339 e. The molecular weight excluding hydrogens is 362 g/mol. The van der Waals surface area contributed by atoms with Gasteiger partial charge in [-0.1, -0.05) is 17.7 Å². The van der Waals surface area contributed by atoms with Crippen molar-refractivity contribution in [3.63, 3.8) is 0 Å². The van der Waals surface area contributed by atoms with Gasteiger partial charge in [-0.25, -0.2) is 0 Å². The monoisotopic (exact) mass is 383 g/mol. The molecule has 0 saturated carbocycles. The molecule has 0 aromatic heterocycles. The average Bonchev–Trinajstić information content (AvgIpc) is 3.08. The average molecular weight is 383 g/mol. The zero-order valence-electron chi connectivity index (χ0n) is 14.9. The molecule has 8 nitrogen and oxygen atoms in total. The first kappa shape index (κ1) is 18.8. The summed E-state index contributed by atoms with van der Waals surface area (Å²) in [4.78, 5) is 23.4. The predicted molar refractivity (Wildman–Crippen MR) is 90.3 cm³/mol. The molecular formula is C17H21NO7S. The van der Waals surface area contributed by atoms with Gasteiger partial charge >= 0.3 is 22.2 Å². The van der Waals surface area contributed by atoms with Crippen molar-refractivity contribution in [2.75, 3.05) is 20.8 Å². The Kier molecular flexibility index (Phi) is 5.05. The Hall–Kier alpha value is -1.97. The number of rotatable bonds is 5. The van der Waals surface area contributed by atoms with Crippen LogP contribution in [0.2, 0.25) is 0 Å². The summed E-state index contributed by atoms with van der Waals surface area (Å²) in [6.45, 7) is 1.88. The van der Waals surface area contributed by atoms with Crippen molar-refractivity contribution in [2.45, 2.75) is 38.3 Å². The molecule has 1 unspecified atom stereocenters. The van der Waals surface area contributed by atoms with Crippen LogP contribution < -0.4 is 0 Å². The molecule has 9 heteroatoms. The lowest BCUT2D eigenvalue weighted by Crippen LogP contribution is -2.28. The van der Waals surface area contributed by atoms with E-state index in [1.54, 1.807) is 0 Å². The number of aryl methyl sites for hydroxylation is 2. The third-order valence-corrected chi connectivity index (χ3v) is 6.25. The second-order valence-corrected chi connectivity index (χ2v) is 7.90. The van der Waals surface area contributed by atoms with Crippen molar-refractivity contribution in [3.8, 4) is 0 Å². The quantitative estimate of drug-likeness (QED) is 0.708. The highest BCUT2D eigenvalue weighted by atomic mass is 32.2. The molecule has 142 valence electrons. The van der Waals surface area contributed by atoms with E-state index < -0.39 is 28.4 Å². The number of carbonyl (C=O) groups is 2. The maximum absolute atomic E-state index is 12.4. The van der Waals surface area contributed by atoms with Gasteiger partial charge in [0.2, 0.25) is 0 Å². The fourth-order valence-electron chi connectivity index (χ4n) is 3.73. The molecule has 26 heavy (non-hydrogen) atoms. The highest BCUT2D eigenvalue weighted by Crippen LogP contribution is 2.51. The van der Waals surface area contributed by atoms with Crippen LogP contribution in [0.3, 0.4) is 0 Å². The third-order valence-electron chi connectivity index (χ3n) is 4.80. The molecule has 0 amide bonds. The summed E-state index contributed by atoms with van der Waals surface area (Å²) in [6, 6.07) is 2.65. The van der Waals surface area contributed by atoms with E-state index in [-0.39, 0.29) is 25.4 Å². The third kappa shape index (κ3) is 3.22. The van der Waals surface area contributed by atoms with E-state index in [0.29, 0.717) is 6.42 Å². The van der Waals surface area contributed by atoms with Crippen LogP contribution in [0.25, 0.3) is 0 Å². The maximum atomic E-state index is 12.4. The normalized spacial score (nSPS) is 23.3. The van der Waals surface area contributed by atoms with Crippen LogP contribution >= 0.6 is 0 Å². The van der Waals surface area contributed by atoms with Crippen molar-refractivity contribution in [1.29, 1.82) is 0 Å². The highest BCUT2D eigenvalue weighted by molar-refractivity contribution is 7.84. The second kappa shape index (κ2) is 6.98. The number of nitrogens with zero attached hydrogens (tertiary/aromatic N) is 1. The number of benzene rings is 1. The standard InChI is InChI=1S/C17H21NO7S/c1-10-6-11(4-5-15(19)23-2)17-12(7-10)13(8-16(20)24-3)18-14(17)9-25-26(18,21)22/h6-7,13-14H,4-5,8-9H2,1-3H3/t13-,14?/m0/s1. The summed E-state index contributed by atoms with van der Waals surface area (Å²) in [7, 11) is -1.33. The fourth-order valence-corrected chi connectivity index (χ4v) is 5.13. The van der Waals surface area contributed by atoms with Gasteiger partial charge in [0.05, 0.1) is 39.3 Å². The van der Waals surface area contributed by atoms with Gasteiger partial charge in [0.25, 0.3) is 0 Å². The van der Waals surface area contributed by atoms with Crippen LogP contribution in [-0.4, -0.2) is 45.5 Å². The molecule has 0 N–H and O–H groups in total. The summed E-state index contributed by atoms with van der Waals surface area (Å²) in [5.74, 6) is -0.835. The van der Waals surface area contributed by atoms with E-state index in [2.05, 4.69) is 0 Å². The number of hydrogen-bond donors (Lipinski definition) is 0. The van der Waals surface area contributed by atoms with Gasteiger partial charge in [-0.15, -0.1) is 0 Å². The Morgan fingerprint density at radius 1 is 1.23 bits per heavy atom. The van der Waals surface area contributed by atoms with Crippen molar-refractivity contribution < 1.29 is 31.7 Å². The number of hydrogen-bond acceptors (Lipinski definition) is 7. The van der Waals surface area contributed by atoms with E-state index in [9.17, 15) is 18.0 Å². The van der Waals surface area contributed by atoms with Crippen molar-refractivity contribution in [3.05, 3.63) is 34.4 Å². The topological polar surface area (TPSA) is 99.2 Å². The Morgan fingerprint density at radius 2 is 1.92 bits per heavy atom. The minimum Gasteiger partial charge on any atom is -0.469 e. The van der Waals surface area contributed by atoms with Gasteiger partial charge < -0.3 is 9.47 Å². The zero-order chi connectivity index (χ0) is 19.1. The summed E-state index contributed by atoms with van der Waals surface area (Å²) in [5.41, 5.74) is 3.38. The second-order valence-electron chi connectivity index (χ2n) is 6.39. The Morgan fingerprint density at radius 3 is 2.58 bits per heavy atom. The van der Waals surface area contributed by atoms with E-state index in [1.807, 2.05) is 19.1 Å². The number of fused-ring (bicyclic) bond motifs is 3. The molecule has 2 aliphatic heterocycles. The van der Waals surface area contributed by atoms with E-state index in [0.717, 1.165) is 22.3 Å². The molecule has 2 heterocycles. The minimum absolute atomic E-state index is 0.0126.